The third-order valence-corrected chi connectivity index (χ3v) is 4.35. The van der Waals surface area contributed by atoms with Gasteiger partial charge in [-0.3, -0.25) is 4.79 Å². The summed E-state index contributed by atoms with van der Waals surface area (Å²) in [7, 11) is -2.83. The van der Waals surface area contributed by atoms with Crippen LogP contribution in [0.3, 0.4) is 0 Å². The van der Waals surface area contributed by atoms with Crippen LogP contribution in [-0.4, -0.2) is 39.3 Å². The molecular formula is C11H13NO3S. The lowest BCUT2D eigenvalue weighted by molar-refractivity contribution is 0.112. The summed E-state index contributed by atoms with van der Waals surface area (Å²) in [6.45, 7) is 1.06. The Labute approximate surface area is 94.8 Å². The molecule has 1 fully saturated rings. The van der Waals surface area contributed by atoms with Crippen LogP contribution in [0.25, 0.3) is 0 Å². The molecule has 1 saturated heterocycles. The number of nitrogens with zero attached hydrogens (tertiary/aromatic N) is 1. The molecule has 2 rings (SSSR count). The summed E-state index contributed by atoms with van der Waals surface area (Å²) in [6, 6.07) is 7.18. The van der Waals surface area contributed by atoms with Crippen molar-refractivity contribution in [2.45, 2.75) is 0 Å². The van der Waals surface area contributed by atoms with Gasteiger partial charge in [0, 0.05) is 24.3 Å². The maximum atomic E-state index is 11.3. The molecule has 1 heterocycles. The molecule has 86 valence electrons. The van der Waals surface area contributed by atoms with Crippen molar-refractivity contribution >= 4 is 21.8 Å². The monoisotopic (exact) mass is 239 g/mol. The molecule has 0 atom stereocenters. The molecule has 1 aliphatic heterocycles. The van der Waals surface area contributed by atoms with Crippen molar-refractivity contribution in [3.63, 3.8) is 0 Å². The first kappa shape index (κ1) is 11.1. The molecule has 0 bridgehead atoms. The number of hydrogen-bond donors (Lipinski definition) is 0. The first-order valence-electron chi connectivity index (χ1n) is 5.11. The van der Waals surface area contributed by atoms with Gasteiger partial charge < -0.3 is 4.90 Å². The predicted octanol–water partition coefficient (Wildman–Crippen LogP) is 0.734. The molecular weight excluding hydrogens is 226 g/mol. The number of carbonyl (C=O) groups is 1. The van der Waals surface area contributed by atoms with Gasteiger partial charge >= 0.3 is 0 Å². The van der Waals surface area contributed by atoms with E-state index in [-0.39, 0.29) is 11.5 Å². The number of hydrogen-bond acceptors (Lipinski definition) is 4. The quantitative estimate of drug-likeness (QED) is 0.714. The first-order valence-corrected chi connectivity index (χ1v) is 6.93. The van der Waals surface area contributed by atoms with Gasteiger partial charge in [-0.25, -0.2) is 8.42 Å². The Morgan fingerprint density at radius 1 is 1.06 bits per heavy atom. The Kier molecular flexibility index (Phi) is 2.96. The molecule has 5 heteroatoms. The largest absolute Gasteiger partial charge is 0.369 e. The number of benzene rings is 1. The van der Waals surface area contributed by atoms with Crippen molar-refractivity contribution in [3.05, 3.63) is 29.8 Å². The fraction of sp³-hybridized carbons (Fsp3) is 0.364. The van der Waals surface area contributed by atoms with Crippen LogP contribution in [0.5, 0.6) is 0 Å². The number of sulfone groups is 1. The highest BCUT2D eigenvalue weighted by Gasteiger charge is 2.21. The molecule has 0 aromatic heterocycles. The molecule has 1 aliphatic rings. The number of carbonyl (C=O) groups excluding carboxylic acids is 1. The summed E-state index contributed by atoms with van der Waals surface area (Å²) in [4.78, 5) is 12.5. The van der Waals surface area contributed by atoms with Crippen molar-refractivity contribution in [2.75, 3.05) is 29.5 Å². The average molecular weight is 239 g/mol. The van der Waals surface area contributed by atoms with Gasteiger partial charge in [-0.15, -0.1) is 0 Å². The van der Waals surface area contributed by atoms with Gasteiger partial charge in [0.15, 0.2) is 9.84 Å². The van der Waals surface area contributed by atoms with Gasteiger partial charge in [0.1, 0.15) is 6.29 Å². The minimum Gasteiger partial charge on any atom is -0.369 e. The molecule has 0 radical (unpaired) electrons. The van der Waals surface area contributed by atoms with Crippen LogP contribution < -0.4 is 4.90 Å². The summed E-state index contributed by atoms with van der Waals surface area (Å²) in [5.74, 6) is 0.421. The zero-order valence-corrected chi connectivity index (χ0v) is 9.61. The van der Waals surface area contributed by atoms with E-state index in [1.165, 1.54) is 0 Å². The Morgan fingerprint density at radius 3 is 2.12 bits per heavy atom. The fourth-order valence-corrected chi connectivity index (χ4v) is 2.94. The summed E-state index contributed by atoms with van der Waals surface area (Å²) in [5.41, 5.74) is 1.61. The van der Waals surface area contributed by atoms with Gasteiger partial charge in [-0.1, -0.05) is 0 Å². The topological polar surface area (TPSA) is 54.5 Å². The summed E-state index contributed by atoms with van der Waals surface area (Å²) in [5, 5.41) is 0. The van der Waals surface area contributed by atoms with Crippen LogP contribution in [0.4, 0.5) is 5.69 Å². The van der Waals surface area contributed by atoms with Gasteiger partial charge in [0.25, 0.3) is 0 Å². The molecule has 0 unspecified atom stereocenters. The minimum absolute atomic E-state index is 0.211. The molecule has 0 N–H and O–H groups in total. The maximum Gasteiger partial charge on any atom is 0.153 e. The van der Waals surface area contributed by atoms with E-state index in [1.54, 1.807) is 12.1 Å². The third-order valence-electron chi connectivity index (χ3n) is 2.74. The predicted molar refractivity (Wildman–Crippen MR) is 62.7 cm³/mol. The second kappa shape index (κ2) is 4.25. The molecule has 16 heavy (non-hydrogen) atoms. The van der Waals surface area contributed by atoms with E-state index < -0.39 is 9.84 Å². The van der Waals surface area contributed by atoms with Crippen LogP contribution in [0, 0.1) is 0 Å². The molecule has 0 aliphatic carbocycles. The number of aldehydes is 1. The molecule has 4 nitrogen and oxygen atoms in total. The number of anilines is 1. The zero-order chi connectivity index (χ0) is 11.6. The van der Waals surface area contributed by atoms with Gasteiger partial charge in [-0.05, 0) is 24.3 Å². The van der Waals surface area contributed by atoms with Crippen LogP contribution in [0.15, 0.2) is 24.3 Å². The Balaban J connectivity index is 2.11. The van der Waals surface area contributed by atoms with Crippen LogP contribution >= 0.6 is 0 Å². The third kappa shape index (κ3) is 2.41. The second-order valence-electron chi connectivity index (χ2n) is 3.85. The normalized spacial score (nSPS) is 19.4. The maximum absolute atomic E-state index is 11.3. The minimum atomic E-state index is -2.83. The lowest BCUT2D eigenvalue weighted by Gasteiger charge is -2.28. The van der Waals surface area contributed by atoms with Gasteiger partial charge in [-0.2, -0.15) is 0 Å². The van der Waals surface area contributed by atoms with Crippen molar-refractivity contribution in [1.29, 1.82) is 0 Å². The van der Waals surface area contributed by atoms with Crippen LogP contribution in [0.1, 0.15) is 10.4 Å². The summed E-state index contributed by atoms with van der Waals surface area (Å²) >= 11 is 0. The molecule has 1 aromatic rings. The SMILES string of the molecule is O=Cc1ccc(N2CCS(=O)(=O)CC2)cc1. The van der Waals surface area contributed by atoms with Crippen molar-refractivity contribution < 1.29 is 13.2 Å². The fourth-order valence-electron chi connectivity index (χ4n) is 1.73. The molecule has 0 saturated carbocycles. The van der Waals surface area contributed by atoms with E-state index in [0.717, 1.165) is 12.0 Å². The van der Waals surface area contributed by atoms with E-state index in [2.05, 4.69) is 0 Å². The van der Waals surface area contributed by atoms with E-state index in [0.29, 0.717) is 18.7 Å². The highest BCUT2D eigenvalue weighted by Crippen LogP contribution is 2.17. The lowest BCUT2D eigenvalue weighted by Crippen LogP contribution is -2.40. The highest BCUT2D eigenvalue weighted by atomic mass is 32.2. The Morgan fingerprint density at radius 2 is 1.62 bits per heavy atom. The van der Waals surface area contributed by atoms with E-state index in [1.807, 2.05) is 17.0 Å². The van der Waals surface area contributed by atoms with E-state index >= 15 is 0 Å². The Hall–Kier alpha value is -1.36. The summed E-state index contributed by atoms with van der Waals surface area (Å²) in [6.07, 6.45) is 0.796. The number of rotatable bonds is 2. The zero-order valence-electron chi connectivity index (χ0n) is 8.80. The van der Waals surface area contributed by atoms with Gasteiger partial charge in [0.05, 0.1) is 11.5 Å². The molecule has 0 amide bonds. The first-order chi connectivity index (χ1) is 7.61. The van der Waals surface area contributed by atoms with Crippen molar-refractivity contribution in [3.8, 4) is 0 Å². The van der Waals surface area contributed by atoms with Crippen LogP contribution in [0.2, 0.25) is 0 Å². The molecule has 1 aromatic carbocycles. The average Bonchev–Trinajstić information content (AvgIpc) is 2.29. The Bertz CT molecular complexity index is 464. The highest BCUT2D eigenvalue weighted by molar-refractivity contribution is 7.91. The van der Waals surface area contributed by atoms with E-state index in [9.17, 15) is 13.2 Å². The summed E-state index contributed by atoms with van der Waals surface area (Å²) < 4.78 is 22.5. The second-order valence-corrected chi connectivity index (χ2v) is 6.15. The van der Waals surface area contributed by atoms with Crippen molar-refractivity contribution in [1.82, 2.24) is 0 Å². The standard InChI is InChI=1S/C11H13NO3S/c13-9-10-1-3-11(4-2-10)12-5-7-16(14,15)8-6-12/h1-4,9H,5-8H2. The van der Waals surface area contributed by atoms with Gasteiger partial charge in [0.2, 0.25) is 0 Å². The lowest BCUT2D eigenvalue weighted by atomic mass is 10.2. The molecule has 0 spiro atoms. The smallest absolute Gasteiger partial charge is 0.153 e. The van der Waals surface area contributed by atoms with Crippen molar-refractivity contribution in [2.24, 2.45) is 0 Å². The van der Waals surface area contributed by atoms with E-state index in [4.69, 9.17) is 0 Å². The van der Waals surface area contributed by atoms with Crippen LogP contribution in [-0.2, 0) is 9.84 Å².